The summed E-state index contributed by atoms with van der Waals surface area (Å²) in [7, 11) is 0. The first-order chi connectivity index (χ1) is 10.2. The van der Waals surface area contributed by atoms with Gasteiger partial charge in [-0.3, -0.25) is 0 Å². The molecule has 2 rings (SSSR count). The average Bonchev–Trinajstić information content (AvgIpc) is 2.51. The van der Waals surface area contributed by atoms with E-state index in [2.05, 4.69) is 52.4 Å². The molecule has 0 saturated heterocycles. The summed E-state index contributed by atoms with van der Waals surface area (Å²) in [6.45, 7) is 3.08. The first kappa shape index (κ1) is 16.1. The zero-order valence-corrected chi connectivity index (χ0v) is 13.9. The highest BCUT2D eigenvalue weighted by molar-refractivity contribution is 9.10. The molecule has 1 unspecified atom stereocenters. The maximum absolute atomic E-state index is 10.0. The molecule has 2 N–H and O–H groups in total. The normalized spacial score (nSPS) is 12.3. The minimum atomic E-state index is 0.193. The number of hydrogen-bond donors (Lipinski definition) is 2. The van der Waals surface area contributed by atoms with Crippen LogP contribution in [0.3, 0.4) is 0 Å². The van der Waals surface area contributed by atoms with E-state index in [1.54, 1.807) is 6.07 Å². The molecule has 0 aliphatic heterocycles. The van der Waals surface area contributed by atoms with Gasteiger partial charge in [0.1, 0.15) is 5.75 Å². The molecule has 0 saturated carbocycles. The SMILES string of the molecule is CCC(NCCCc1ccccc1)c1cc(Br)ccc1O. The number of rotatable bonds is 7. The van der Waals surface area contributed by atoms with Crippen LogP contribution in [0.5, 0.6) is 5.75 Å². The third-order valence-electron chi connectivity index (χ3n) is 3.65. The number of aryl methyl sites for hydroxylation is 1. The fraction of sp³-hybridized carbons (Fsp3) is 0.333. The van der Waals surface area contributed by atoms with Crippen LogP contribution in [-0.2, 0) is 6.42 Å². The van der Waals surface area contributed by atoms with Gasteiger partial charge in [0, 0.05) is 16.1 Å². The first-order valence-corrected chi connectivity index (χ1v) is 8.25. The van der Waals surface area contributed by atoms with Crippen LogP contribution >= 0.6 is 15.9 Å². The predicted octanol–water partition coefficient (Wildman–Crippen LogP) is 4.83. The van der Waals surface area contributed by atoms with E-state index in [1.807, 2.05) is 18.2 Å². The van der Waals surface area contributed by atoms with Crippen LogP contribution in [-0.4, -0.2) is 11.7 Å². The van der Waals surface area contributed by atoms with Crippen molar-refractivity contribution in [3.8, 4) is 5.75 Å². The molecular weight excluding hydrogens is 326 g/mol. The first-order valence-electron chi connectivity index (χ1n) is 7.46. The summed E-state index contributed by atoms with van der Waals surface area (Å²) in [5, 5.41) is 13.6. The van der Waals surface area contributed by atoms with Crippen LogP contribution < -0.4 is 5.32 Å². The quantitative estimate of drug-likeness (QED) is 0.703. The standard InChI is InChI=1S/C18H22BrNO/c1-2-17(16-13-15(19)10-11-18(16)21)20-12-6-9-14-7-4-3-5-8-14/h3-5,7-8,10-11,13,17,20-21H,2,6,9,12H2,1H3. The third kappa shape index (κ3) is 4.87. The molecule has 1 atom stereocenters. The van der Waals surface area contributed by atoms with Gasteiger partial charge >= 0.3 is 0 Å². The maximum Gasteiger partial charge on any atom is 0.120 e. The fourth-order valence-electron chi connectivity index (χ4n) is 2.49. The van der Waals surface area contributed by atoms with Crippen LogP contribution in [0.1, 0.15) is 36.9 Å². The summed E-state index contributed by atoms with van der Waals surface area (Å²) in [6, 6.07) is 16.3. The summed E-state index contributed by atoms with van der Waals surface area (Å²) in [5.41, 5.74) is 2.34. The Hall–Kier alpha value is -1.32. The van der Waals surface area contributed by atoms with Gasteiger partial charge in [-0.25, -0.2) is 0 Å². The van der Waals surface area contributed by atoms with Crippen LogP contribution in [0.2, 0.25) is 0 Å². The van der Waals surface area contributed by atoms with Gasteiger partial charge in [0.25, 0.3) is 0 Å². The lowest BCUT2D eigenvalue weighted by molar-refractivity contribution is 0.439. The Labute approximate surface area is 135 Å². The Morgan fingerprint density at radius 2 is 1.90 bits per heavy atom. The number of aromatic hydroxyl groups is 1. The summed E-state index contributed by atoms with van der Waals surface area (Å²) < 4.78 is 1.000. The van der Waals surface area contributed by atoms with Gasteiger partial charge in [-0.2, -0.15) is 0 Å². The minimum absolute atomic E-state index is 0.193. The van der Waals surface area contributed by atoms with Gasteiger partial charge in [0.05, 0.1) is 0 Å². The zero-order chi connectivity index (χ0) is 15.1. The van der Waals surface area contributed by atoms with Crippen LogP contribution in [0, 0.1) is 0 Å². The smallest absolute Gasteiger partial charge is 0.120 e. The Kier molecular flexibility index (Phi) is 6.27. The van der Waals surface area contributed by atoms with E-state index in [1.165, 1.54) is 5.56 Å². The molecule has 0 aromatic heterocycles. The van der Waals surface area contributed by atoms with Gasteiger partial charge < -0.3 is 10.4 Å². The highest BCUT2D eigenvalue weighted by Crippen LogP contribution is 2.29. The van der Waals surface area contributed by atoms with Gasteiger partial charge in [0.15, 0.2) is 0 Å². The Morgan fingerprint density at radius 3 is 2.62 bits per heavy atom. The molecule has 21 heavy (non-hydrogen) atoms. The van der Waals surface area contributed by atoms with E-state index in [0.29, 0.717) is 5.75 Å². The topological polar surface area (TPSA) is 32.3 Å². The molecule has 3 heteroatoms. The van der Waals surface area contributed by atoms with Crippen molar-refractivity contribution < 1.29 is 5.11 Å². The molecule has 2 aromatic rings. The van der Waals surface area contributed by atoms with Crippen molar-refractivity contribution in [1.29, 1.82) is 0 Å². The van der Waals surface area contributed by atoms with E-state index in [4.69, 9.17) is 0 Å². The second kappa shape index (κ2) is 8.20. The molecule has 0 amide bonds. The lowest BCUT2D eigenvalue weighted by atomic mass is 10.0. The maximum atomic E-state index is 10.0. The Balaban J connectivity index is 1.86. The van der Waals surface area contributed by atoms with E-state index in [0.717, 1.165) is 35.8 Å². The van der Waals surface area contributed by atoms with E-state index < -0.39 is 0 Å². The van der Waals surface area contributed by atoms with Gasteiger partial charge in [-0.05, 0) is 49.6 Å². The molecule has 0 spiro atoms. The Morgan fingerprint density at radius 1 is 1.14 bits per heavy atom. The van der Waals surface area contributed by atoms with E-state index in [9.17, 15) is 5.11 Å². The summed E-state index contributed by atoms with van der Waals surface area (Å²) in [6.07, 6.45) is 3.12. The number of nitrogens with one attached hydrogen (secondary N) is 1. The monoisotopic (exact) mass is 347 g/mol. The molecule has 0 aliphatic carbocycles. The molecule has 0 heterocycles. The predicted molar refractivity (Wildman–Crippen MR) is 91.6 cm³/mol. The molecule has 112 valence electrons. The molecule has 0 aliphatic rings. The van der Waals surface area contributed by atoms with Crippen molar-refractivity contribution in [3.05, 3.63) is 64.1 Å². The lowest BCUT2D eigenvalue weighted by Gasteiger charge is -2.19. The average molecular weight is 348 g/mol. The summed E-state index contributed by atoms with van der Waals surface area (Å²) in [4.78, 5) is 0. The zero-order valence-electron chi connectivity index (χ0n) is 12.3. The molecule has 0 bridgehead atoms. The highest BCUT2D eigenvalue weighted by atomic mass is 79.9. The molecule has 0 fully saturated rings. The van der Waals surface area contributed by atoms with E-state index in [-0.39, 0.29) is 6.04 Å². The third-order valence-corrected chi connectivity index (χ3v) is 4.14. The minimum Gasteiger partial charge on any atom is -0.508 e. The van der Waals surface area contributed by atoms with Crippen molar-refractivity contribution in [2.75, 3.05) is 6.54 Å². The molecule has 0 radical (unpaired) electrons. The van der Waals surface area contributed by atoms with Gasteiger partial charge in [-0.15, -0.1) is 0 Å². The van der Waals surface area contributed by atoms with Crippen LogP contribution in [0.4, 0.5) is 0 Å². The number of benzene rings is 2. The van der Waals surface area contributed by atoms with Crippen LogP contribution in [0.25, 0.3) is 0 Å². The second-order valence-corrected chi connectivity index (χ2v) is 6.12. The van der Waals surface area contributed by atoms with Crippen molar-refractivity contribution in [1.82, 2.24) is 5.32 Å². The van der Waals surface area contributed by atoms with Gasteiger partial charge in [-0.1, -0.05) is 53.2 Å². The van der Waals surface area contributed by atoms with Gasteiger partial charge in [0.2, 0.25) is 0 Å². The van der Waals surface area contributed by atoms with Crippen molar-refractivity contribution in [2.24, 2.45) is 0 Å². The summed E-state index contributed by atoms with van der Waals surface area (Å²) >= 11 is 3.47. The van der Waals surface area contributed by atoms with Crippen molar-refractivity contribution >= 4 is 15.9 Å². The molecule has 2 aromatic carbocycles. The highest BCUT2D eigenvalue weighted by Gasteiger charge is 2.13. The second-order valence-electron chi connectivity index (χ2n) is 5.21. The number of phenolic OH excluding ortho intramolecular Hbond substituents is 1. The lowest BCUT2D eigenvalue weighted by Crippen LogP contribution is -2.22. The fourth-order valence-corrected chi connectivity index (χ4v) is 2.87. The number of halogens is 1. The van der Waals surface area contributed by atoms with Crippen molar-refractivity contribution in [2.45, 2.75) is 32.2 Å². The molecular formula is C18H22BrNO. The Bertz CT molecular complexity index is 556. The van der Waals surface area contributed by atoms with E-state index >= 15 is 0 Å². The number of hydrogen-bond acceptors (Lipinski definition) is 2. The largest absolute Gasteiger partial charge is 0.508 e. The number of phenols is 1. The van der Waals surface area contributed by atoms with Crippen molar-refractivity contribution in [3.63, 3.8) is 0 Å². The summed E-state index contributed by atoms with van der Waals surface area (Å²) in [5.74, 6) is 0.362. The molecule has 2 nitrogen and oxygen atoms in total. The van der Waals surface area contributed by atoms with Crippen LogP contribution in [0.15, 0.2) is 53.0 Å².